The molecule has 24 heavy (non-hydrogen) atoms. The molecular formula is C16H20N6O2. The zero-order valence-electron chi connectivity index (χ0n) is 13.4. The van der Waals surface area contributed by atoms with Gasteiger partial charge in [0.25, 0.3) is 5.91 Å². The lowest BCUT2D eigenvalue weighted by atomic mass is 10.1. The van der Waals surface area contributed by atoms with E-state index < -0.39 is 0 Å². The lowest BCUT2D eigenvalue weighted by Crippen LogP contribution is -2.43. The Kier molecular flexibility index (Phi) is 3.87. The van der Waals surface area contributed by atoms with Gasteiger partial charge in [-0.25, -0.2) is 15.4 Å². The van der Waals surface area contributed by atoms with Crippen molar-refractivity contribution in [3.05, 3.63) is 18.0 Å². The molecule has 1 atom stereocenters. The van der Waals surface area contributed by atoms with Crippen LogP contribution in [0.5, 0.6) is 0 Å². The highest BCUT2D eigenvalue weighted by atomic mass is 16.2. The summed E-state index contributed by atoms with van der Waals surface area (Å²) in [6.45, 7) is 1.52. The second-order valence-electron chi connectivity index (χ2n) is 6.55. The van der Waals surface area contributed by atoms with Crippen molar-refractivity contribution < 1.29 is 9.59 Å². The van der Waals surface area contributed by atoms with Gasteiger partial charge in [0.2, 0.25) is 11.9 Å². The smallest absolute Gasteiger partial charge is 0.267 e. The zero-order chi connectivity index (χ0) is 16.5. The lowest BCUT2D eigenvalue weighted by molar-refractivity contribution is -0.121. The van der Waals surface area contributed by atoms with Gasteiger partial charge in [-0.2, -0.15) is 5.10 Å². The molecule has 1 aliphatic carbocycles. The highest BCUT2D eigenvalue weighted by Gasteiger charge is 2.29. The molecule has 4 rings (SSSR count). The van der Waals surface area contributed by atoms with E-state index in [4.69, 9.17) is 0 Å². The average molecular weight is 328 g/mol. The topological polar surface area (TPSA) is 99.6 Å². The van der Waals surface area contributed by atoms with E-state index in [1.54, 1.807) is 0 Å². The van der Waals surface area contributed by atoms with Gasteiger partial charge >= 0.3 is 0 Å². The summed E-state index contributed by atoms with van der Waals surface area (Å²) < 4.78 is 0. The van der Waals surface area contributed by atoms with Gasteiger partial charge in [0, 0.05) is 49.8 Å². The van der Waals surface area contributed by atoms with Gasteiger partial charge in [-0.15, -0.1) is 0 Å². The summed E-state index contributed by atoms with van der Waals surface area (Å²) in [5.41, 5.74) is 3.87. The Bertz CT molecular complexity index is 700. The molecule has 0 radical (unpaired) electrons. The van der Waals surface area contributed by atoms with Crippen LogP contribution in [0.2, 0.25) is 0 Å². The van der Waals surface area contributed by atoms with E-state index in [9.17, 15) is 9.59 Å². The zero-order valence-corrected chi connectivity index (χ0v) is 13.4. The summed E-state index contributed by atoms with van der Waals surface area (Å²) in [7, 11) is 0. The van der Waals surface area contributed by atoms with Gasteiger partial charge in [-0.05, 0) is 25.3 Å². The molecule has 8 nitrogen and oxygen atoms in total. The van der Waals surface area contributed by atoms with Crippen molar-refractivity contribution in [3.63, 3.8) is 0 Å². The van der Waals surface area contributed by atoms with Crippen LogP contribution in [-0.2, 0) is 9.59 Å². The minimum Gasteiger partial charge on any atom is -0.346 e. The lowest BCUT2D eigenvalue weighted by Gasteiger charge is -2.18. The van der Waals surface area contributed by atoms with Crippen LogP contribution in [-0.4, -0.2) is 46.6 Å². The predicted molar refractivity (Wildman–Crippen MR) is 87.6 cm³/mol. The van der Waals surface area contributed by atoms with Crippen molar-refractivity contribution in [3.8, 4) is 0 Å². The third kappa shape index (κ3) is 3.22. The number of hydrogen-bond acceptors (Lipinski definition) is 6. The molecule has 0 bridgehead atoms. The molecule has 1 saturated heterocycles. The Morgan fingerprint density at radius 2 is 2.17 bits per heavy atom. The number of carbonyl (C=O) groups is 2. The van der Waals surface area contributed by atoms with E-state index in [0.717, 1.165) is 24.6 Å². The molecule has 1 aromatic heterocycles. The largest absolute Gasteiger partial charge is 0.346 e. The van der Waals surface area contributed by atoms with Gasteiger partial charge in [0.1, 0.15) is 5.71 Å². The van der Waals surface area contributed by atoms with Crippen LogP contribution in [0.3, 0.4) is 0 Å². The number of hydrazone groups is 1. The van der Waals surface area contributed by atoms with E-state index in [1.165, 1.54) is 12.8 Å². The Labute approximate surface area is 139 Å². The number of anilines is 1. The maximum Gasteiger partial charge on any atom is 0.267 e. The van der Waals surface area contributed by atoms with Gasteiger partial charge < -0.3 is 10.2 Å². The third-order valence-corrected chi connectivity index (χ3v) is 4.63. The highest BCUT2D eigenvalue weighted by molar-refractivity contribution is 6.39. The normalized spacial score (nSPS) is 23.7. The maximum atomic E-state index is 12.2. The summed E-state index contributed by atoms with van der Waals surface area (Å²) in [4.78, 5) is 34.4. The number of aromatic nitrogens is 2. The van der Waals surface area contributed by atoms with Gasteiger partial charge in [0.05, 0.1) is 0 Å². The highest BCUT2D eigenvalue weighted by Crippen LogP contribution is 2.39. The Morgan fingerprint density at radius 3 is 2.92 bits per heavy atom. The van der Waals surface area contributed by atoms with Crippen molar-refractivity contribution >= 4 is 23.5 Å². The minimum absolute atomic E-state index is 0.0472. The number of nitrogens with zero attached hydrogens (tertiary/aromatic N) is 4. The average Bonchev–Trinajstić information content (AvgIpc) is 3.35. The van der Waals surface area contributed by atoms with Crippen molar-refractivity contribution in [2.75, 3.05) is 18.0 Å². The number of carbonyl (C=O) groups excluding carboxylic acids is 2. The first-order valence-electron chi connectivity index (χ1n) is 8.43. The first kappa shape index (κ1) is 15.0. The Morgan fingerprint density at radius 1 is 1.29 bits per heavy atom. The van der Waals surface area contributed by atoms with Crippen molar-refractivity contribution in [1.82, 2.24) is 20.7 Å². The minimum atomic E-state index is -0.200. The van der Waals surface area contributed by atoms with E-state index in [0.29, 0.717) is 31.0 Å². The molecule has 3 aliphatic rings. The summed E-state index contributed by atoms with van der Waals surface area (Å²) >= 11 is 0. The maximum absolute atomic E-state index is 12.2. The number of nitrogens with one attached hydrogen (secondary N) is 2. The molecule has 3 heterocycles. The fourth-order valence-corrected chi connectivity index (χ4v) is 3.09. The molecule has 1 saturated carbocycles. The second-order valence-corrected chi connectivity index (χ2v) is 6.55. The monoisotopic (exact) mass is 328 g/mol. The van der Waals surface area contributed by atoms with Crippen LogP contribution >= 0.6 is 0 Å². The van der Waals surface area contributed by atoms with E-state index >= 15 is 0 Å². The molecular weight excluding hydrogens is 308 g/mol. The van der Waals surface area contributed by atoms with Gasteiger partial charge in [-0.1, -0.05) is 0 Å². The predicted octanol–water partition coefficient (Wildman–Crippen LogP) is 0.315. The van der Waals surface area contributed by atoms with Gasteiger partial charge in [0.15, 0.2) is 0 Å². The first-order chi connectivity index (χ1) is 11.7. The second kappa shape index (κ2) is 6.18. The van der Waals surface area contributed by atoms with Crippen molar-refractivity contribution in [1.29, 1.82) is 0 Å². The fraction of sp³-hybridized carbons (Fsp3) is 0.562. The van der Waals surface area contributed by atoms with Crippen LogP contribution in [0.15, 0.2) is 17.4 Å². The van der Waals surface area contributed by atoms with Crippen LogP contribution in [0, 0.1) is 0 Å². The summed E-state index contributed by atoms with van der Waals surface area (Å²) in [6.07, 6.45) is 5.80. The number of rotatable bonds is 4. The van der Waals surface area contributed by atoms with Crippen LogP contribution < -0.4 is 15.6 Å². The van der Waals surface area contributed by atoms with E-state index in [-0.39, 0.29) is 17.9 Å². The molecule has 1 unspecified atom stereocenters. The first-order valence-corrected chi connectivity index (χ1v) is 8.43. The molecule has 2 fully saturated rings. The summed E-state index contributed by atoms with van der Waals surface area (Å²) in [6, 6.07) is 2.04. The molecule has 2 N–H and O–H groups in total. The van der Waals surface area contributed by atoms with E-state index in [1.807, 2.05) is 12.3 Å². The molecule has 126 valence electrons. The summed E-state index contributed by atoms with van der Waals surface area (Å²) in [5.74, 6) is 1.00. The van der Waals surface area contributed by atoms with Gasteiger partial charge in [-0.3, -0.25) is 9.59 Å². The molecule has 8 heteroatoms. The number of amides is 2. The molecule has 1 aromatic rings. The molecule has 2 amide bonds. The van der Waals surface area contributed by atoms with Crippen LogP contribution in [0.4, 0.5) is 5.95 Å². The Balaban J connectivity index is 1.35. The van der Waals surface area contributed by atoms with Crippen molar-refractivity contribution in [2.24, 2.45) is 5.10 Å². The van der Waals surface area contributed by atoms with Crippen LogP contribution in [0.1, 0.15) is 43.7 Å². The Hall–Kier alpha value is -2.51. The number of hydrogen-bond donors (Lipinski definition) is 2. The molecule has 0 spiro atoms. The van der Waals surface area contributed by atoms with Crippen LogP contribution in [0.25, 0.3) is 0 Å². The molecule has 2 aliphatic heterocycles. The SMILES string of the molecule is O=C1CCC(C(=O)NC2CCN(c3nccc(C4CC4)n3)C2)=NN1. The quantitative estimate of drug-likeness (QED) is 0.829. The molecule has 0 aromatic carbocycles. The van der Waals surface area contributed by atoms with Crippen molar-refractivity contribution in [2.45, 2.75) is 44.1 Å². The summed E-state index contributed by atoms with van der Waals surface area (Å²) in [5, 5.41) is 6.83. The third-order valence-electron chi connectivity index (χ3n) is 4.63. The van der Waals surface area contributed by atoms with E-state index in [2.05, 4.69) is 30.7 Å². The standard InChI is InChI=1S/C16H20N6O2/c23-14-4-3-13(20-21-14)15(24)18-11-6-8-22(9-11)16-17-7-5-12(19-16)10-1-2-10/h5,7,10-11H,1-4,6,8-9H2,(H,18,24)(H,21,23). The fourth-order valence-electron chi connectivity index (χ4n) is 3.09.